The molecule has 1 amide bonds. The lowest BCUT2D eigenvalue weighted by molar-refractivity contribution is 0.0963. The number of carbonyl (C=O) groups is 1. The summed E-state index contributed by atoms with van der Waals surface area (Å²) in [7, 11) is 1.80. The molecule has 2 fully saturated rings. The van der Waals surface area contributed by atoms with Gasteiger partial charge in [0.25, 0.3) is 0 Å². The highest BCUT2D eigenvalue weighted by molar-refractivity contribution is 5.80. The summed E-state index contributed by atoms with van der Waals surface area (Å²) < 4.78 is 5.01. The molecule has 0 bridgehead atoms. The monoisotopic (exact) mass is 268 g/mol. The average molecular weight is 268 g/mol. The molecule has 1 saturated heterocycles. The van der Waals surface area contributed by atoms with Crippen LogP contribution in [0.2, 0.25) is 0 Å². The molecule has 2 N–H and O–H groups in total. The smallest absolute Gasteiger partial charge is 0.409 e. The van der Waals surface area contributed by atoms with Gasteiger partial charge < -0.3 is 20.3 Å². The number of rotatable bonds is 3. The predicted octanol–water partition coefficient (Wildman–Crippen LogP) is 0.935. The second kappa shape index (κ2) is 6.63. The molecule has 6 heteroatoms. The van der Waals surface area contributed by atoms with Crippen molar-refractivity contribution >= 4 is 12.1 Å². The van der Waals surface area contributed by atoms with E-state index in [1.165, 1.54) is 12.8 Å². The maximum Gasteiger partial charge on any atom is 0.409 e. The molecule has 0 radical (unpaired) electrons. The van der Waals surface area contributed by atoms with Crippen LogP contribution in [-0.2, 0) is 4.74 Å². The van der Waals surface area contributed by atoms with Crippen molar-refractivity contribution < 1.29 is 9.53 Å². The van der Waals surface area contributed by atoms with E-state index < -0.39 is 0 Å². The highest BCUT2D eigenvalue weighted by atomic mass is 16.6. The quantitative estimate of drug-likeness (QED) is 0.590. The minimum absolute atomic E-state index is 0.193. The third-order valence-corrected chi connectivity index (χ3v) is 3.50. The Morgan fingerprint density at radius 1 is 1.21 bits per heavy atom. The van der Waals surface area contributed by atoms with Gasteiger partial charge >= 0.3 is 6.09 Å². The second-order valence-corrected chi connectivity index (χ2v) is 5.10. The van der Waals surface area contributed by atoms with Crippen LogP contribution in [0, 0.1) is 0 Å². The number of hydrogen-bond acceptors (Lipinski definition) is 3. The zero-order valence-electron chi connectivity index (χ0n) is 11.8. The molecule has 0 aromatic heterocycles. The molecule has 0 atom stereocenters. The Bertz CT molecular complexity index is 334. The number of amides is 1. The first-order chi connectivity index (χ1) is 9.22. The summed E-state index contributed by atoms with van der Waals surface area (Å²) in [6.07, 6.45) is 4.15. The van der Waals surface area contributed by atoms with Gasteiger partial charge in [0.1, 0.15) is 0 Å². The lowest BCUT2D eigenvalue weighted by Gasteiger charge is -2.32. The molecule has 1 aliphatic carbocycles. The summed E-state index contributed by atoms with van der Waals surface area (Å²) in [5.41, 5.74) is 0. The normalized spacial score (nSPS) is 21.2. The molecule has 0 spiro atoms. The van der Waals surface area contributed by atoms with E-state index in [-0.39, 0.29) is 6.09 Å². The van der Waals surface area contributed by atoms with E-state index in [1.807, 2.05) is 6.92 Å². The topological polar surface area (TPSA) is 66.0 Å². The Balaban J connectivity index is 1.71. The highest BCUT2D eigenvalue weighted by Crippen LogP contribution is 2.18. The molecule has 1 aliphatic heterocycles. The van der Waals surface area contributed by atoms with Gasteiger partial charge in [0.2, 0.25) is 0 Å². The number of nitrogens with zero attached hydrogens (tertiary/aromatic N) is 2. The molecule has 1 saturated carbocycles. The Labute approximate surface area is 114 Å². The third-order valence-electron chi connectivity index (χ3n) is 3.50. The minimum Gasteiger partial charge on any atom is -0.450 e. The summed E-state index contributed by atoms with van der Waals surface area (Å²) in [5.74, 6) is 0.886. The third kappa shape index (κ3) is 4.29. The molecule has 108 valence electrons. The first-order valence-corrected chi connectivity index (χ1v) is 7.14. The van der Waals surface area contributed by atoms with Crippen LogP contribution in [0.25, 0.3) is 0 Å². The number of guanidine groups is 1. The van der Waals surface area contributed by atoms with Crippen LogP contribution in [0.5, 0.6) is 0 Å². The lowest BCUT2D eigenvalue weighted by atomic mass is 10.1. The van der Waals surface area contributed by atoms with Gasteiger partial charge in [-0.25, -0.2) is 4.79 Å². The van der Waals surface area contributed by atoms with E-state index in [4.69, 9.17) is 4.74 Å². The molecular formula is C13H24N4O2. The molecule has 1 heterocycles. The van der Waals surface area contributed by atoms with Gasteiger partial charge in [0.05, 0.1) is 6.61 Å². The van der Waals surface area contributed by atoms with E-state index in [0.717, 1.165) is 31.9 Å². The van der Waals surface area contributed by atoms with Crippen molar-refractivity contribution in [1.82, 2.24) is 15.5 Å². The molecule has 0 unspecified atom stereocenters. The summed E-state index contributed by atoms with van der Waals surface area (Å²) >= 11 is 0. The van der Waals surface area contributed by atoms with Crippen LogP contribution < -0.4 is 10.6 Å². The lowest BCUT2D eigenvalue weighted by Crippen LogP contribution is -2.50. The maximum absolute atomic E-state index is 11.6. The number of carbonyl (C=O) groups excluding carboxylic acids is 1. The van der Waals surface area contributed by atoms with Crippen LogP contribution in [0.4, 0.5) is 4.79 Å². The molecule has 0 aromatic rings. The van der Waals surface area contributed by atoms with Crippen LogP contribution in [-0.4, -0.2) is 55.8 Å². The Kier molecular flexibility index (Phi) is 4.87. The number of hydrogen-bond donors (Lipinski definition) is 2. The fourth-order valence-electron chi connectivity index (χ4n) is 2.21. The summed E-state index contributed by atoms with van der Waals surface area (Å²) in [6.45, 7) is 3.77. The summed E-state index contributed by atoms with van der Waals surface area (Å²) in [4.78, 5) is 17.6. The summed E-state index contributed by atoms with van der Waals surface area (Å²) in [5, 5.41) is 6.80. The van der Waals surface area contributed by atoms with E-state index in [9.17, 15) is 4.79 Å². The molecule has 2 rings (SSSR count). The van der Waals surface area contributed by atoms with Gasteiger partial charge in [-0.1, -0.05) is 0 Å². The average Bonchev–Trinajstić information content (AvgIpc) is 3.23. The Hall–Kier alpha value is -1.46. The first kappa shape index (κ1) is 14.0. The van der Waals surface area contributed by atoms with Crippen molar-refractivity contribution in [1.29, 1.82) is 0 Å². The zero-order valence-corrected chi connectivity index (χ0v) is 11.8. The largest absolute Gasteiger partial charge is 0.450 e. The van der Waals surface area contributed by atoms with Crippen LogP contribution >= 0.6 is 0 Å². The van der Waals surface area contributed by atoms with Crippen molar-refractivity contribution in [3.8, 4) is 0 Å². The fraction of sp³-hybridized carbons (Fsp3) is 0.846. The van der Waals surface area contributed by atoms with Gasteiger partial charge in [0, 0.05) is 32.2 Å². The van der Waals surface area contributed by atoms with Crippen LogP contribution in [0.1, 0.15) is 32.6 Å². The molecule has 0 aromatic carbocycles. The van der Waals surface area contributed by atoms with Crippen molar-refractivity contribution in [2.24, 2.45) is 4.99 Å². The Morgan fingerprint density at radius 3 is 2.26 bits per heavy atom. The van der Waals surface area contributed by atoms with Crippen LogP contribution in [0.15, 0.2) is 4.99 Å². The van der Waals surface area contributed by atoms with Gasteiger partial charge in [-0.3, -0.25) is 4.99 Å². The Morgan fingerprint density at radius 2 is 1.79 bits per heavy atom. The molecule has 19 heavy (non-hydrogen) atoms. The number of ether oxygens (including phenoxy) is 1. The van der Waals surface area contributed by atoms with E-state index >= 15 is 0 Å². The van der Waals surface area contributed by atoms with E-state index in [2.05, 4.69) is 15.6 Å². The fourth-order valence-corrected chi connectivity index (χ4v) is 2.21. The summed E-state index contributed by atoms with van der Waals surface area (Å²) in [6, 6.07) is 0.987. The van der Waals surface area contributed by atoms with Crippen molar-refractivity contribution in [3.63, 3.8) is 0 Å². The van der Waals surface area contributed by atoms with Crippen molar-refractivity contribution in [3.05, 3.63) is 0 Å². The predicted molar refractivity (Wildman–Crippen MR) is 74.3 cm³/mol. The van der Waals surface area contributed by atoms with Gasteiger partial charge in [-0.2, -0.15) is 0 Å². The molecule has 6 nitrogen and oxygen atoms in total. The number of likely N-dealkylation sites (tertiary alicyclic amines) is 1. The van der Waals surface area contributed by atoms with E-state index in [1.54, 1.807) is 11.9 Å². The van der Waals surface area contributed by atoms with Crippen LogP contribution in [0.3, 0.4) is 0 Å². The van der Waals surface area contributed by atoms with Crippen molar-refractivity contribution in [2.45, 2.75) is 44.7 Å². The van der Waals surface area contributed by atoms with Gasteiger partial charge in [-0.05, 0) is 32.6 Å². The number of piperidine rings is 1. The van der Waals surface area contributed by atoms with E-state index in [0.29, 0.717) is 18.7 Å². The van der Waals surface area contributed by atoms with Gasteiger partial charge in [0.15, 0.2) is 5.96 Å². The minimum atomic E-state index is -0.193. The maximum atomic E-state index is 11.6. The van der Waals surface area contributed by atoms with Gasteiger partial charge in [-0.15, -0.1) is 0 Å². The SMILES string of the molecule is CCOC(=O)N1CCC(NC(=NC)NC2CC2)CC1. The van der Waals surface area contributed by atoms with Crippen molar-refractivity contribution in [2.75, 3.05) is 26.7 Å². The molecular weight excluding hydrogens is 244 g/mol. The standard InChI is InChI=1S/C13H24N4O2/c1-3-19-13(18)17-8-6-11(7-9-17)16-12(14-2)15-10-4-5-10/h10-11H,3-9H2,1-2H3,(H2,14,15,16). The molecule has 2 aliphatic rings. The first-order valence-electron chi connectivity index (χ1n) is 7.14. The number of nitrogens with one attached hydrogen (secondary N) is 2. The second-order valence-electron chi connectivity index (χ2n) is 5.10. The number of aliphatic imine (C=N–C) groups is 1. The zero-order chi connectivity index (χ0) is 13.7. The highest BCUT2D eigenvalue weighted by Gasteiger charge is 2.26.